The van der Waals surface area contributed by atoms with E-state index in [4.69, 9.17) is 4.74 Å². The second kappa shape index (κ2) is 16.5. The van der Waals surface area contributed by atoms with Crippen LogP contribution in [0.4, 0.5) is 5.69 Å². The van der Waals surface area contributed by atoms with Crippen molar-refractivity contribution in [1.29, 1.82) is 0 Å². The molecule has 4 N–H and O–H groups in total. The average molecular weight is 743 g/mol. The fourth-order valence-electron chi connectivity index (χ4n) is 11.8. The van der Waals surface area contributed by atoms with Gasteiger partial charge in [0.2, 0.25) is 11.8 Å². The number of fused-ring (bicyclic) bond motifs is 5. The predicted octanol–water partition coefficient (Wildman–Crippen LogP) is 8.34. The normalized spacial score (nSPS) is 33.0. The molecule has 4 saturated carbocycles. The molecule has 296 valence electrons. The molecule has 0 aromatic heterocycles. The van der Waals surface area contributed by atoms with Crippen LogP contribution >= 0.6 is 0 Å². The van der Waals surface area contributed by atoms with Crippen molar-refractivity contribution in [2.24, 2.45) is 46.3 Å². The van der Waals surface area contributed by atoms with Crippen LogP contribution in [0, 0.1) is 46.3 Å². The SMILES string of the molecule is C[C@H](CCC(=O)N[C@@H](CCC(=O)Nc1ccccc1C(C)(C)C)C(=O)OCc1ccccc1)[C@H]1CC[C@H]2[C@@H]3[C@H](O)C[C@@H]4C[C@H](O)CC[C@]4(C)[C@H]3CC[C@]12C. The maximum Gasteiger partial charge on any atom is 0.328 e. The number of hydrogen-bond donors (Lipinski definition) is 4. The van der Waals surface area contributed by atoms with Crippen molar-refractivity contribution in [3.63, 3.8) is 0 Å². The molecular formula is C46H66N2O6. The summed E-state index contributed by atoms with van der Waals surface area (Å²) in [5.41, 5.74) is 2.79. The number of para-hydroxylation sites is 1. The highest BCUT2D eigenvalue weighted by molar-refractivity contribution is 5.92. The maximum atomic E-state index is 13.6. The van der Waals surface area contributed by atoms with Crippen molar-refractivity contribution < 1.29 is 29.3 Å². The average Bonchev–Trinajstić information content (AvgIpc) is 3.49. The summed E-state index contributed by atoms with van der Waals surface area (Å²) >= 11 is 0. The van der Waals surface area contributed by atoms with Gasteiger partial charge >= 0.3 is 5.97 Å². The fourth-order valence-corrected chi connectivity index (χ4v) is 11.8. The molecule has 4 aliphatic rings. The van der Waals surface area contributed by atoms with Crippen LogP contribution in [0.15, 0.2) is 54.6 Å². The van der Waals surface area contributed by atoms with Gasteiger partial charge in [0.15, 0.2) is 0 Å². The van der Waals surface area contributed by atoms with Gasteiger partial charge in [-0.1, -0.05) is 90.1 Å². The van der Waals surface area contributed by atoms with E-state index in [0.717, 1.165) is 68.2 Å². The third kappa shape index (κ3) is 8.60. The number of carbonyl (C=O) groups excluding carboxylic acids is 3. The Labute approximate surface area is 323 Å². The van der Waals surface area contributed by atoms with E-state index in [0.29, 0.717) is 48.3 Å². The van der Waals surface area contributed by atoms with Crippen LogP contribution in [-0.4, -0.2) is 46.2 Å². The second-order valence-corrected chi connectivity index (χ2v) is 19.1. The van der Waals surface area contributed by atoms with Crippen LogP contribution in [0.1, 0.15) is 130 Å². The summed E-state index contributed by atoms with van der Waals surface area (Å²) in [5.74, 6) is 1.50. The van der Waals surface area contributed by atoms with Crippen molar-refractivity contribution in [3.05, 3.63) is 65.7 Å². The third-order valence-electron chi connectivity index (χ3n) is 14.8. The first-order chi connectivity index (χ1) is 25.6. The van der Waals surface area contributed by atoms with E-state index in [1.54, 1.807) is 0 Å². The molecule has 4 fully saturated rings. The smallest absolute Gasteiger partial charge is 0.328 e. The van der Waals surface area contributed by atoms with Gasteiger partial charge in [-0.15, -0.1) is 0 Å². The number of rotatable bonds is 12. The summed E-state index contributed by atoms with van der Waals surface area (Å²) in [7, 11) is 0. The highest BCUT2D eigenvalue weighted by Crippen LogP contribution is 2.68. The number of hydrogen-bond acceptors (Lipinski definition) is 6. The van der Waals surface area contributed by atoms with Crippen molar-refractivity contribution in [2.75, 3.05) is 5.32 Å². The quantitative estimate of drug-likeness (QED) is 0.162. The van der Waals surface area contributed by atoms with Gasteiger partial charge < -0.3 is 25.6 Å². The predicted molar refractivity (Wildman–Crippen MR) is 212 cm³/mol. The lowest BCUT2D eigenvalue weighted by atomic mass is 9.43. The number of aliphatic hydroxyl groups is 2. The molecule has 6 rings (SSSR count). The molecule has 11 atom stereocenters. The van der Waals surface area contributed by atoms with Gasteiger partial charge in [-0.25, -0.2) is 4.79 Å². The van der Waals surface area contributed by atoms with E-state index in [1.807, 2.05) is 54.6 Å². The molecule has 54 heavy (non-hydrogen) atoms. The molecule has 2 amide bonds. The summed E-state index contributed by atoms with van der Waals surface area (Å²) in [6, 6.07) is 16.3. The summed E-state index contributed by atoms with van der Waals surface area (Å²) in [4.78, 5) is 40.2. The second-order valence-electron chi connectivity index (χ2n) is 19.1. The Morgan fingerprint density at radius 1 is 0.833 bits per heavy atom. The van der Waals surface area contributed by atoms with Crippen molar-refractivity contribution in [3.8, 4) is 0 Å². The van der Waals surface area contributed by atoms with E-state index in [-0.39, 0.29) is 59.7 Å². The van der Waals surface area contributed by atoms with Gasteiger partial charge in [0, 0.05) is 18.5 Å². The molecule has 8 heteroatoms. The Balaban J connectivity index is 1.06. The molecular weight excluding hydrogens is 677 g/mol. The molecule has 2 aromatic rings. The van der Waals surface area contributed by atoms with Gasteiger partial charge in [0.1, 0.15) is 12.6 Å². The van der Waals surface area contributed by atoms with Crippen molar-refractivity contribution in [1.82, 2.24) is 5.32 Å². The Bertz CT molecular complexity index is 1620. The largest absolute Gasteiger partial charge is 0.459 e. The van der Waals surface area contributed by atoms with Gasteiger partial charge in [0.25, 0.3) is 0 Å². The van der Waals surface area contributed by atoms with Crippen LogP contribution in [-0.2, 0) is 31.1 Å². The first kappa shape index (κ1) is 40.4. The van der Waals surface area contributed by atoms with Crippen LogP contribution in [0.25, 0.3) is 0 Å². The number of amides is 2. The minimum atomic E-state index is -0.942. The topological polar surface area (TPSA) is 125 Å². The highest BCUT2D eigenvalue weighted by Gasteiger charge is 2.62. The molecule has 2 aromatic carbocycles. The van der Waals surface area contributed by atoms with Gasteiger partial charge in [0.05, 0.1) is 12.2 Å². The van der Waals surface area contributed by atoms with E-state index in [9.17, 15) is 24.6 Å². The number of esters is 1. The van der Waals surface area contributed by atoms with E-state index in [1.165, 1.54) is 0 Å². The highest BCUT2D eigenvalue weighted by atomic mass is 16.5. The van der Waals surface area contributed by atoms with Crippen LogP contribution in [0.5, 0.6) is 0 Å². The zero-order chi connectivity index (χ0) is 38.8. The molecule has 0 bridgehead atoms. The molecule has 0 radical (unpaired) electrons. The standard InChI is InChI=1S/C46H66N2O6/c1-29(33-17-18-35-42-36(23-25-46(33,35)6)45(5)24-22-32(49)26-31(45)27-39(42)50)16-20-40(51)48-38(43(53)54-28-30-12-8-7-9-13-30)19-21-41(52)47-37-15-11-10-14-34(37)44(2,3)4/h7-15,29,31-33,35-36,38-39,42,49-50H,16-28H2,1-6H3,(H,47,52)(H,48,51)/t29-,31+,32-,33-,35+,36+,38+,39-,42+,45+,46-/m1/s1. The van der Waals surface area contributed by atoms with E-state index >= 15 is 0 Å². The number of benzene rings is 2. The number of carbonyl (C=O) groups is 3. The van der Waals surface area contributed by atoms with Gasteiger partial charge in [-0.05, 0) is 133 Å². The molecule has 4 aliphatic carbocycles. The number of aliphatic hydroxyl groups excluding tert-OH is 2. The molecule has 0 aliphatic heterocycles. The zero-order valence-electron chi connectivity index (χ0n) is 33.6. The maximum absolute atomic E-state index is 13.6. The number of nitrogens with one attached hydrogen (secondary N) is 2. The Kier molecular flexibility index (Phi) is 12.3. The lowest BCUT2D eigenvalue weighted by molar-refractivity contribution is -0.174. The van der Waals surface area contributed by atoms with Gasteiger partial charge in [-0.3, -0.25) is 9.59 Å². The lowest BCUT2D eigenvalue weighted by Crippen LogP contribution is -2.58. The molecule has 0 spiro atoms. The first-order valence-corrected chi connectivity index (χ1v) is 20.9. The van der Waals surface area contributed by atoms with Crippen LogP contribution in [0.2, 0.25) is 0 Å². The fraction of sp³-hybridized carbons (Fsp3) is 0.674. The van der Waals surface area contributed by atoms with Crippen molar-refractivity contribution >= 4 is 23.5 Å². The third-order valence-corrected chi connectivity index (χ3v) is 14.8. The molecule has 8 nitrogen and oxygen atoms in total. The summed E-state index contributed by atoms with van der Waals surface area (Å²) in [5, 5.41) is 28.1. The van der Waals surface area contributed by atoms with E-state index < -0.39 is 12.0 Å². The molecule has 0 unspecified atom stereocenters. The Morgan fingerprint density at radius 3 is 2.24 bits per heavy atom. The minimum absolute atomic E-state index is 0.0521. The van der Waals surface area contributed by atoms with Crippen LogP contribution < -0.4 is 10.6 Å². The van der Waals surface area contributed by atoms with Gasteiger partial charge in [-0.2, -0.15) is 0 Å². The van der Waals surface area contributed by atoms with Crippen molar-refractivity contribution in [2.45, 2.75) is 149 Å². The Morgan fingerprint density at radius 2 is 1.50 bits per heavy atom. The minimum Gasteiger partial charge on any atom is -0.459 e. The first-order valence-electron chi connectivity index (χ1n) is 20.9. The number of anilines is 1. The summed E-state index contributed by atoms with van der Waals surface area (Å²) in [6.07, 6.45) is 8.72. The van der Waals surface area contributed by atoms with Crippen LogP contribution in [0.3, 0.4) is 0 Å². The summed E-state index contributed by atoms with van der Waals surface area (Å²) in [6.45, 7) is 13.6. The van der Waals surface area contributed by atoms with E-state index in [2.05, 4.69) is 52.2 Å². The summed E-state index contributed by atoms with van der Waals surface area (Å²) < 4.78 is 5.66. The lowest BCUT2D eigenvalue weighted by Gasteiger charge is -2.62. The number of ether oxygens (including phenoxy) is 1. The monoisotopic (exact) mass is 742 g/mol. The Hall–Kier alpha value is -3.23. The zero-order valence-corrected chi connectivity index (χ0v) is 33.6. The molecule has 0 saturated heterocycles. The molecule has 0 heterocycles.